The lowest BCUT2D eigenvalue weighted by Gasteiger charge is -2.27. The van der Waals surface area contributed by atoms with Gasteiger partial charge in [0.15, 0.2) is 11.7 Å². The third-order valence-electron chi connectivity index (χ3n) is 5.28. The molecule has 1 aromatic heterocycles. The van der Waals surface area contributed by atoms with Crippen molar-refractivity contribution < 1.29 is 14.3 Å². The summed E-state index contributed by atoms with van der Waals surface area (Å²) in [5.74, 6) is 0.514. The Morgan fingerprint density at radius 1 is 1.23 bits per heavy atom. The molecule has 2 aromatic carbocycles. The number of hydrogen-bond donors (Lipinski definition) is 0. The third kappa shape index (κ3) is 5.74. The lowest BCUT2D eigenvalue weighted by Crippen LogP contribution is -2.40. The fourth-order valence-electron chi connectivity index (χ4n) is 3.55. The van der Waals surface area contributed by atoms with Crippen molar-refractivity contribution in [3.05, 3.63) is 53.1 Å². The smallest absolute Gasteiger partial charge is 0.266 e. The molecule has 31 heavy (non-hydrogen) atoms. The van der Waals surface area contributed by atoms with E-state index in [1.165, 1.54) is 0 Å². The van der Waals surface area contributed by atoms with Gasteiger partial charge in [-0.05, 0) is 49.2 Å². The number of carbonyl (C=O) groups is 1. The minimum Gasteiger partial charge on any atom is -0.484 e. The van der Waals surface area contributed by atoms with Gasteiger partial charge in [0.2, 0.25) is 0 Å². The maximum Gasteiger partial charge on any atom is 0.266 e. The second-order valence-corrected chi connectivity index (χ2v) is 8.96. The number of carbonyl (C=O) groups excluding carboxylic acids is 1. The highest BCUT2D eigenvalue weighted by Crippen LogP contribution is 2.31. The quantitative estimate of drug-likeness (QED) is 0.500. The van der Waals surface area contributed by atoms with E-state index in [1.807, 2.05) is 25.1 Å². The molecule has 1 fully saturated rings. The summed E-state index contributed by atoms with van der Waals surface area (Å²) < 4.78 is 12.2. The van der Waals surface area contributed by atoms with Crippen LogP contribution in [0.15, 0.2) is 42.5 Å². The summed E-state index contributed by atoms with van der Waals surface area (Å²) in [6.45, 7) is 6.94. The number of nitrogens with zero attached hydrogens (tertiary/aromatic N) is 3. The second-order valence-electron chi connectivity index (χ2n) is 7.51. The molecule has 3 aromatic rings. The molecule has 0 unspecified atom stereocenters. The number of aryl methyl sites for hydroxylation is 1. The Labute approximate surface area is 191 Å². The number of halogens is 1. The molecule has 8 heteroatoms. The molecule has 0 atom stereocenters. The Morgan fingerprint density at radius 2 is 2.00 bits per heavy atom. The predicted molar refractivity (Wildman–Crippen MR) is 126 cm³/mol. The summed E-state index contributed by atoms with van der Waals surface area (Å²) in [5, 5.41) is 1.35. The molecule has 6 nitrogen and oxygen atoms in total. The van der Waals surface area contributed by atoms with Crippen LogP contribution in [0.4, 0.5) is 5.13 Å². The van der Waals surface area contributed by atoms with Gasteiger partial charge in [-0.2, -0.15) is 0 Å². The van der Waals surface area contributed by atoms with Crippen LogP contribution in [-0.2, 0) is 9.53 Å². The highest BCUT2D eigenvalue weighted by atomic mass is 35.5. The average molecular weight is 460 g/mol. The fraction of sp³-hybridized carbons (Fsp3) is 0.391. The topological polar surface area (TPSA) is 54.9 Å². The van der Waals surface area contributed by atoms with Crippen LogP contribution in [0.1, 0.15) is 12.0 Å². The molecular formula is C23H26ClN3O3S. The lowest BCUT2D eigenvalue weighted by molar-refractivity contribution is -0.120. The number of thiazole rings is 1. The SMILES string of the molecule is Cc1cccc2sc(N(CCCN3CCOCC3)C(=O)COc3ccc(Cl)cc3)nc12. The van der Waals surface area contributed by atoms with Crippen LogP contribution in [0.3, 0.4) is 0 Å². The van der Waals surface area contributed by atoms with Crippen LogP contribution in [0.2, 0.25) is 5.02 Å². The molecule has 164 valence electrons. The van der Waals surface area contributed by atoms with Gasteiger partial charge in [-0.3, -0.25) is 14.6 Å². The number of fused-ring (bicyclic) bond motifs is 1. The normalized spacial score (nSPS) is 14.6. The van der Waals surface area contributed by atoms with Crippen LogP contribution in [0.25, 0.3) is 10.2 Å². The number of anilines is 1. The number of morpholine rings is 1. The van der Waals surface area contributed by atoms with E-state index < -0.39 is 0 Å². The molecule has 1 aliphatic rings. The van der Waals surface area contributed by atoms with Crippen LogP contribution in [0, 0.1) is 6.92 Å². The highest BCUT2D eigenvalue weighted by Gasteiger charge is 2.21. The molecule has 4 rings (SSSR count). The van der Waals surface area contributed by atoms with E-state index in [0.717, 1.165) is 60.2 Å². The Balaban J connectivity index is 1.47. The molecule has 0 radical (unpaired) electrons. The van der Waals surface area contributed by atoms with E-state index in [-0.39, 0.29) is 12.5 Å². The molecule has 1 amide bonds. The van der Waals surface area contributed by atoms with Crippen LogP contribution >= 0.6 is 22.9 Å². The standard InChI is InChI=1S/C23H26ClN3O3S/c1-17-4-2-5-20-22(17)25-23(31-20)27(11-3-10-26-12-14-29-15-13-26)21(28)16-30-19-8-6-18(24)7-9-19/h2,4-9H,3,10-16H2,1H3. The first-order valence-corrected chi connectivity index (χ1v) is 11.6. The van der Waals surface area contributed by atoms with Gasteiger partial charge in [0.05, 0.1) is 23.4 Å². The minimum atomic E-state index is -0.103. The zero-order chi connectivity index (χ0) is 21.6. The average Bonchev–Trinajstić information content (AvgIpc) is 3.22. The van der Waals surface area contributed by atoms with Crippen molar-refractivity contribution in [1.82, 2.24) is 9.88 Å². The van der Waals surface area contributed by atoms with E-state index in [0.29, 0.717) is 17.3 Å². The molecule has 1 aliphatic heterocycles. The number of para-hydroxylation sites is 1. The van der Waals surface area contributed by atoms with Gasteiger partial charge in [0.1, 0.15) is 5.75 Å². The largest absolute Gasteiger partial charge is 0.484 e. The molecule has 0 spiro atoms. The first-order chi connectivity index (χ1) is 15.1. The lowest BCUT2D eigenvalue weighted by atomic mass is 10.2. The fourth-order valence-corrected chi connectivity index (χ4v) is 4.76. The molecular weight excluding hydrogens is 434 g/mol. The van der Waals surface area contributed by atoms with Gasteiger partial charge in [-0.1, -0.05) is 35.1 Å². The molecule has 0 bridgehead atoms. The van der Waals surface area contributed by atoms with Crippen molar-refractivity contribution in [2.45, 2.75) is 13.3 Å². The maximum absolute atomic E-state index is 13.1. The van der Waals surface area contributed by atoms with Gasteiger partial charge < -0.3 is 9.47 Å². The predicted octanol–water partition coefficient (Wildman–Crippen LogP) is 4.39. The summed E-state index contributed by atoms with van der Waals surface area (Å²) in [7, 11) is 0. The highest BCUT2D eigenvalue weighted by molar-refractivity contribution is 7.22. The van der Waals surface area contributed by atoms with Crippen molar-refractivity contribution >= 4 is 44.2 Å². The zero-order valence-electron chi connectivity index (χ0n) is 17.6. The Bertz CT molecular complexity index is 1020. The summed E-state index contributed by atoms with van der Waals surface area (Å²) in [4.78, 5) is 22.1. The van der Waals surface area contributed by atoms with Crippen molar-refractivity contribution in [2.24, 2.45) is 0 Å². The van der Waals surface area contributed by atoms with E-state index in [2.05, 4.69) is 4.90 Å². The van der Waals surface area contributed by atoms with Crippen LogP contribution in [0.5, 0.6) is 5.75 Å². The van der Waals surface area contributed by atoms with Crippen molar-refractivity contribution in [2.75, 3.05) is 50.9 Å². The van der Waals surface area contributed by atoms with Gasteiger partial charge in [-0.15, -0.1) is 0 Å². The first-order valence-electron chi connectivity index (χ1n) is 10.4. The number of hydrogen-bond acceptors (Lipinski definition) is 6. The summed E-state index contributed by atoms with van der Waals surface area (Å²) in [6, 6.07) is 13.1. The van der Waals surface area contributed by atoms with E-state index in [4.69, 9.17) is 26.1 Å². The first kappa shape index (κ1) is 22.0. The summed E-state index contributed by atoms with van der Waals surface area (Å²) in [5.41, 5.74) is 2.06. The number of benzene rings is 2. The maximum atomic E-state index is 13.1. The van der Waals surface area contributed by atoms with Gasteiger partial charge in [0.25, 0.3) is 5.91 Å². The monoisotopic (exact) mass is 459 g/mol. The van der Waals surface area contributed by atoms with Crippen molar-refractivity contribution in [3.63, 3.8) is 0 Å². The number of ether oxygens (including phenoxy) is 2. The van der Waals surface area contributed by atoms with E-state index in [1.54, 1.807) is 40.5 Å². The van der Waals surface area contributed by atoms with Gasteiger partial charge in [0, 0.05) is 31.2 Å². The van der Waals surface area contributed by atoms with Gasteiger partial charge in [-0.25, -0.2) is 4.98 Å². The number of aromatic nitrogens is 1. The Kier molecular flexibility index (Phi) is 7.40. The summed E-state index contributed by atoms with van der Waals surface area (Å²) >= 11 is 7.47. The molecule has 1 saturated heterocycles. The summed E-state index contributed by atoms with van der Waals surface area (Å²) in [6.07, 6.45) is 0.863. The number of rotatable bonds is 8. The Hall–Kier alpha value is -2.19. The zero-order valence-corrected chi connectivity index (χ0v) is 19.1. The minimum absolute atomic E-state index is 0.0475. The van der Waals surface area contributed by atoms with Gasteiger partial charge >= 0.3 is 0 Å². The molecule has 0 aliphatic carbocycles. The second kappa shape index (κ2) is 10.4. The molecule has 2 heterocycles. The van der Waals surface area contributed by atoms with E-state index >= 15 is 0 Å². The van der Waals surface area contributed by atoms with Crippen LogP contribution in [-0.4, -0.2) is 61.8 Å². The van der Waals surface area contributed by atoms with Crippen molar-refractivity contribution in [3.8, 4) is 5.75 Å². The van der Waals surface area contributed by atoms with Crippen LogP contribution < -0.4 is 9.64 Å². The third-order valence-corrected chi connectivity index (χ3v) is 6.57. The number of amides is 1. The van der Waals surface area contributed by atoms with Crippen molar-refractivity contribution in [1.29, 1.82) is 0 Å². The molecule has 0 saturated carbocycles. The molecule has 0 N–H and O–H groups in total. The van der Waals surface area contributed by atoms with E-state index in [9.17, 15) is 4.79 Å². The Morgan fingerprint density at radius 3 is 2.74 bits per heavy atom.